The average Bonchev–Trinajstić information content (AvgIpc) is 2.60. The Bertz CT molecular complexity index is 893. The number of primary sulfonamides is 1. The molecule has 7 heteroatoms. The summed E-state index contributed by atoms with van der Waals surface area (Å²) in [6.07, 6.45) is 0.617. The minimum atomic E-state index is -3.68. The van der Waals surface area contributed by atoms with Crippen molar-refractivity contribution in [1.82, 2.24) is 5.32 Å². The average molecular weight is 390 g/mol. The molecule has 0 atom stereocenters. The number of nitrogens with zero attached hydrogens (tertiary/aromatic N) is 1. The molecule has 0 saturated heterocycles. The van der Waals surface area contributed by atoms with Crippen molar-refractivity contribution in [3.8, 4) is 0 Å². The number of nitrogens with one attached hydrogen (secondary N) is 1. The molecule has 0 radical (unpaired) electrons. The van der Waals surface area contributed by atoms with Gasteiger partial charge in [0.15, 0.2) is 0 Å². The molecule has 0 unspecified atom stereocenters. The maximum absolute atomic E-state index is 12.3. The van der Waals surface area contributed by atoms with Crippen LogP contribution in [0, 0.1) is 13.8 Å². The molecule has 0 aliphatic heterocycles. The second kappa shape index (κ2) is 9.01. The summed E-state index contributed by atoms with van der Waals surface area (Å²) >= 11 is 0. The topological polar surface area (TPSA) is 92.5 Å². The highest BCUT2D eigenvalue weighted by molar-refractivity contribution is 7.89. The van der Waals surface area contributed by atoms with E-state index in [-0.39, 0.29) is 10.8 Å². The van der Waals surface area contributed by atoms with E-state index in [1.807, 2.05) is 24.8 Å². The number of benzene rings is 2. The maximum Gasteiger partial charge on any atom is 0.239 e. The second-order valence-electron chi connectivity index (χ2n) is 6.59. The fourth-order valence-corrected chi connectivity index (χ4v) is 3.46. The first-order chi connectivity index (χ1) is 12.7. The summed E-state index contributed by atoms with van der Waals surface area (Å²) in [7, 11) is -3.68. The molecular formula is C20H27N3O3S. The molecule has 0 aromatic heterocycles. The van der Waals surface area contributed by atoms with Crippen molar-refractivity contribution in [3.63, 3.8) is 0 Å². The minimum Gasteiger partial charge on any atom is -0.362 e. The first-order valence-corrected chi connectivity index (χ1v) is 10.5. The molecule has 0 fully saturated rings. The molecule has 0 bridgehead atoms. The Hall–Kier alpha value is -2.38. The highest BCUT2D eigenvalue weighted by atomic mass is 32.2. The van der Waals surface area contributed by atoms with Crippen molar-refractivity contribution >= 4 is 21.6 Å². The molecule has 27 heavy (non-hydrogen) atoms. The number of hydrogen-bond donors (Lipinski definition) is 2. The van der Waals surface area contributed by atoms with E-state index in [0.717, 1.165) is 23.4 Å². The molecule has 1 amide bonds. The number of aryl methyl sites for hydroxylation is 2. The van der Waals surface area contributed by atoms with Gasteiger partial charge in [-0.1, -0.05) is 29.8 Å². The number of anilines is 1. The number of sulfonamides is 1. The normalized spacial score (nSPS) is 11.3. The third-order valence-electron chi connectivity index (χ3n) is 4.40. The van der Waals surface area contributed by atoms with Crippen molar-refractivity contribution < 1.29 is 13.2 Å². The van der Waals surface area contributed by atoms with Gasteiger partial charge < -0.3 is 10.2 Å². The second-order valence-corrected chi connectivity index (χ2v) is 8.15. The van der Waals surface area contributed by atoms with Crippen molar-refractivity contribution in [2.24, 2.45) is 5.14 Å². The van der Waals surface area contributed by atoms with E-state index in [4.69, 9.17) is 5.14 Å². The van der Waals surface area contributed by atoms with Gasteiger partial charge >= 0.3 is 0 Å². The molecule has 2 aromatic carbocycles. The van der Waals surface area contributed by atoms with E-state index in [0.29, 0.717) is 19.5 Å². The summed E-state index contributed by atoms with van der Waals surface area (Å²) < 4.78 is 22.5. The molecule has 0 heterocycles. The molecule has 0 aliphatic carbocycles. The van der Waals surface area contributed by atoms with Gasteiger partial charge in [-0.05, 0) is 56.5 Å². The number of nitrogens with two attached hydrogens (primary N) is 1. The van der Waals surface area contributed by atoms with Gasteiger partial charge in [0.25, 0.3) is 0 Å². The Morgan fingerprint density at radius 3 is 2.33 bits per heavy atom. The number of likely N-dealkylation sites (N-methyl/N-ethyl adjacent to an activating group) is 1. The quantitative estimate of drug-likeness (QED) is 0.723. The van der Waals surface area contributed by atoms with Gasteiger partial charge in [-0.15, -0.1) is 0 Å². The Labute approximate surface area is 161 Å². The van der Waals surface area contributed by atoms with E-state index < -0.39 is 10.0 Å². The third kappa shape index (κ3) is 6.08. The summed E-state index contributed by atoms with van der Waals surface area (Å²) in [5.74, 6) is -0.0435. The zero-order valence-corrected chi connectivity index (χ0v) is 16.8. The van der Waals surface area contributed by atoms with Crippen LogP contribution in [0.1, 0.15) is 23.6 Å². The van der Waals surface area contributed by atoms with Crippen LogP contribution in [0.25, 0.3) is 0 Å². The van der Waals surface area contributed by atoms with Crippen LogP contribution in [0.3, 0.4) is 0 Å². The minimum absolute atomic E-state index is 0.0435. The van der Waals surface area contributed by atoms with Crippen LogP contribution in [-0.2, 0) is 21.2 Å². The van der Waals surface area contributed by atoms with Crippen LogP contribution in [0.2, 0.25) is 0 Å². The Morgan fingerprint density at radius 1 is 1.11 bits per heavy atom. The number of rotatable bonds is 8. The molecule has 0 spiro atoms. The summed E-state index contributed by atoms with van der Waals surface area (Å²) in [5, 5.41) is 8.00. The molecule has 0 saturated carbocycles. The van der Waals surface area contributed by atoms with Gasteiger partial charge in [0.05, 0.1) is 11.4 Å². The van der Waals surface area contributed by atoms with Crippen LogP contribution in [0.5, 0.6) is 0 Å². The van der Waals surface area contributed by atoms with Gasteiger partial charge in [-0.2, -0.15) is 0 Å². The van der Waals surface area contributed by atoms with E-state index >= 15 is 0 Å². The number of carbonyl (C=O) groups excluding carboxylic acids is 1. The Balaban J connectivity index is 1.88. The Morgan fingerprint density at radius 2 is 1.78 bits per heavy atom. The lowest BCUT2D eigenvalue weighted by Crippen LogP contribution is -2.38. The molecule has 6 nitrogen and oxygen atoms in total. The van der Waals surface area contributed by atoms with Gasteiger partial charge in [0.2, 0.25) is 15.9 Å². The van der Waals surface area contributed by atoms with Crippen molar-refractivity contribution in [2.75, 3.05) is 24.5 Å². The standard InChI is InChI=1S/C20H27N3O3S/c1-4-23(19-10-5-15(2)13-16(19)3)14-20(24)22-12-11-17-6-8-18(9-7-17)27(21,25)26/h5-10,13H,4,11-12,14H2,1-3H3,(H,22,24)(H2,21,25,26). The first-order valence-electron chi connectivity index (χ1n) is 8.91. The lowest BCUT2D eigenvalue weighted by atomic mass is 10.1. The van der Waals surface area contributed by atoms with Gasteiger partial charge in [-0.3, -0.25) is 4.79 Å². The fourth-order valence-electron chi connectivity index (χ4n) is 2.95. The predicted octanol–water partition coefficient (Wildman–Crippen LogP) is 2.14. The van der Waals surface area contributed by atoms with E-state index in [9.17, 15) is 13.2 Å². The fraction of sp³-hybridized carbons (Fsp3) is 0.350. The van der Waals surface area contributed by atoms with E-state index in [1.165, 1.54) is 17.7 Å². The largest absolute Gasteiger partial charge is 0.362 e. The molecule has 3 N–H and O–H groups in total. The van der Waals surface area contributed by atoms with Gasteiger partial charge in [-0.25, -0.2) is 13.6 Å². The first kappa shape index (κ1) is 20.9. The zero-order chi connectivity index (χ0) is 20.0. The monoisotopic (exact) mass is 389 g/mol. The lowest BCUT2D eigenvalue weighted by Gasteiger charge is -2.24. The van der Waals surface area contributed by atoms with Crippen molar-refractivity contribution in [3.05, 3.63) is 59.2 Å². The summed E-state index contributed by atoms with van der Waals surface area (Å²) in [5.41, 5.74) is 4.35. The van der Waals surface area contributed by atoms with Crippen LogP contribution in [0.4, 0.5) is 5.69 Å². The van der Waals surface area contributed by atoms with Gasteiger partial charge in [0, 0.05) is 18.8 Å². The third-order valence-corrected chi connectivity index (χ3v) is 5.33. The lowest BCUT2D eigenvalue weighted by molar-refractivity contribution is -0.119. The number of hydrogen-bond acceptors (Lipinski definition) is 4. The summed E-state index contributed by atoms with van der Waals surface area (Å²) in [4.78, 5) is 14.4. The zero-order valence-electron chi connectivity index (χ0n) is 16.0. The van der Waals surface area contributed by atoms with E-state index in [1.54, 1.807) is 12.1 Å². The highest BCUT2D eigenvalue weighted by Crippen LogP contribution is 2.20. The number of carbonyl (C=O) groups is 1. The summed E-state index contributed by atoms with van der Waals surface area (Å²) in [6, 6.07) is 12.6. The summed E-state index contributed by atoms with van der Waals surface area (Å²) in [6.45, 7) is 7.65. The van der Waals surface area contributed by atoms with Crippen LogP contribution in [0.15, 0.2) is 47.4 Å². The van der Waals surface area contributed by atoms with Crippen LogP contribution in [-0.4, -0.2) is 34.0 Å². The molecule has 146 valence electrons. The molecule has 2 aromatic rings. The van der Waals surface area contributed by atoms with Crippen LogP contribution >= 0.6 is 0 Å². The highest BCUT2D eigenvalue weighted by Gasteiger charge is 2.12. The SMILES string of the molecule is CCN(CC(=O)NCCc1ccc(S(N)(=O)=O)cc1)c1ccc(C)cc1C. The van der Waals surface area contributed by atoms with Crippen LogP contribution < -0.4 is 15.4 Å². The smallest absolute Gasteiger partial charge is 0.239 e. The Kier molecular flexibility index (Phi) is 6.98. The molecule has 0 aliphatic rings. The predicted molar refractivity (Wildman–Crippen MR) is 108 cm³/mol. The molecular weight excluding hydrogens is 362 g/mol. The van der Waals surface area contributed by atoms with Crippen molar-refractivity contribution in [1.29, 1.82) is 0 Å². The van der Waals surface area contributed by atoms with Gasteiger partial charge in [0.1, 0.15) is 0 Å². The maximum atomic E-state index is 12.3. The van der Waals surface area contributed by atoms with Crippen molar-refractivity contribution in [2.45, 2.75) is 32.1 Å². The van der Waals surface area contributed by atoms with E-state index in [2.05, 4.69) is 24.4 Å². The number of amides is 1. The molecule has 2 rings (SSSR count).